The van der Waals surface area contributed by atoms with Gasteiger partial charge in [0, 0.05) is 35.3 Å². The maximum Gasteiger partial charge on any atom is 0.238 e. The summed E-state index contributed by atoms with van der Waals surface area (Å²) in [7, 11) is 0. The summed E-state index contributed by atoms with van der Waals surface area (Å²) in [6, 6.07) is 8.93. The monoisotopic (exact) mass is 337 g/mol. The van der Waals surface area contributed by atoms with Gasteiger partial charge in [-0.1, -0.05) is 15.9 Å². The van der Waals surface area contributed by atoms with Crippen LogP contribution >= 0.6 is 15.9 Å². The highest BCUT2D eigenvalue weighted by molar-refractivity contribution is 9.10. The zero-order chi connectivity index (χ0) is 13.9. The first kappa shape index (κ1) is 14.0. The zero-order valence-electron chi connectivity index (χ0n) is 11.4. The van der Waals surface area contributed by atoms with Gasteiger partial charge in [-0.2, -0.15) is 0 Å². The van der Waals surface area contributed by atoms with Crippen molar-refractivity contribution in [1.29, 1.82) is 0 Å². The van der Waals surface area contributed by atoms with E-state index in [1.807, 2.05) is 24.3 Å². The van der Waals surface area contributed by atoms with E-state index >= 15 is 0 Å². The van der Waals surface area contributed by atoms with E-state index in [9.17, 15) is 4.79 Å². The van der Waals surface area contributed by atoms with Crippen LogP contribution in [0.1, 0.15) is 19.3 Å². The van der Waals surface area contributed by atoms with Crippen LogP contribution in [0.2, 0.25) is 0 Å². The summed E-state index contributed by atoms with van der Waals surface area (Å²) < 4.78 is 1.02. The number of anilines is 1. The van der Waals surface area contributed by atoms with E-state index in [1.54, 1.807) is 0 Å². The Hall–Kier alpha value is -0.910. The Morgan fingerprint density at radius 2 is 2.00 bits per heavy atom. The number of benzene rings is 1. The average Bonchev–Trinajstić information content (AvgIpc) is 2.76. The summed E-state index contributed by atoms with van der Waals surface area (Å²) in [6.07, 6.45) is 3.70. The third-order valence-corrected chi connectivity index (χ3v) is 4.63. The van der Waals surface area contributed by atoms with E-state index in [2.05, 4.69) is 31.5 Å². The molecule has 2 heterocycles. The van der Waals surface area contributed by atoms with Gasteiger partial charge in [0.2, 0.25) is 5.91 Å². The molecule has 2 aliphatic rings. The predicted octanol–water partition coefficient (Wildman–Crippen LogP) is 2.21. The van der Waals surface area contributed by atoms with E-state index in [-0.39, 0.29) is 5.91 Å². The number of amides is 1. The van der Waals surface area contributed by atoms with Crippen LogP contribution < -0.4 is 10.6 Å². The molecule has 4 nitrogen and oxygen atoms in total. The van der Waals surface area contributed by atoms with Gasteiger partial charge >= 0.3 is 0 Å². The van der Waals surface area contributed by atoms with Crippen molar-refractivity contribution in [2.45, 2.75) is 31.3 Å². The molecule has 2 atom stereocenters. The molecule has 1 amide bonds. The minimum absolute atomic E-state index is 0.0742. The number of hydrogen-bond donors (Lipinski definition) is 2. The largest absolute Gasteiger partial charge is 0.325 e. The standard InChI is InChI=1S/C15H20BrN3O/c16-11-1-3-12(4-2-11)18-15(20)10-19-8-7-13-5-6-14(9-19)17-13/h1-4,13-14,17H,5-10H2,(H,18,20). The molecule has 0 radical (unpaired) electrons. The van der Waals surface area contributed by atoms with Crippen molar-refractivity contribution in [2.24, 2.45) is 0 Å². The van der Waals surface area contributed by atoms with Gasteiger partial charge < -0.3 is 10.6 Å². The summed E-state index contributed by atoms with van der Waals surface area (Å²) >= 11 is 3.39. The predicted molar refractivity (Wildman–Crippen MR) is 83.8 cm³/mol. The molecule has 0 aliphatic carbocycles. The number of carbonyl (C=O) groups is 1. The molecule has 20 heavy (non-hydrogen) atoms. The molecule has 0 aromatic heterocycles. The Morgan fingerprint density at radius 1 is 1.25 bits per heavy atom. The fourth-order valence-corrected chi connectivity index (χ4v) is 3.36. The first-order valence-corrected chi connectivity index (χ1v) is 8.02. The van der Waals surface area contributed by atoms with Crippen LogP contribution in [0.4, 0.5) is 5.69 Å². The molecule has 3 rings (SSSR count). The van der Waals surface area contributed by atoms with E-state index in [4.69, 9.17) is 0 Å². The second kappa shape index (κ2) is 6.24. The average molecular weight is 338 g/mol. The maximum atomic E-state index is 12.1. The highest BCUT2D eigenvalue weighted by Crippen LogP contribution is 2.20. The number of nitrogens with zero attached hydrogens (tertiary/aromatic N) is 1. The number of nitrogens with one attached hydrogen (secondary N) is 2. The van der Waals surface area contributed by atoms with Crippen LogP contribution in [0.15, 0.2) is 28.7 Å². The summed E-state index contributed by atoms with van der Waals surface area (Å²) in [4.78, 5) is 14.4. The minimum Gasteiger partial charge on any atom is -0.325 e. The van der Waals surface area contributed by atoms with Crippen molar-refractivity contribution in [3.05, 3.63) is 28.7 Å². The molecule has 2 unspecified atom stereocenters. The lowest BCUT2D eigenvalue weighted by Crippen LogP contribution is -2.39. The van der Waals surface area contributed by atoms with Crippen LogP contribution in [-0.4, -0.2) is 42.5 Å². The molecule has 0 spiro atoms. The molecule has 2 saturated heterocycles. The normalized spacial score (nSPS) is 26.2. The van der Waals surface area contributed by atoms with Crippen molar-refractivity contribution in [2.75, 3.05) is 25.0 Å². The second-order valence-electron chi connectivity index (χ2n) is 5.72. The summed E-state index contributed by atoms with van der Waals surface area (Å²) in [6.45, 7) is 2.49. The van der Waals surface area contributed by atoms with Crippen molar-refractivity contribution < 1.29 is 4.79 Å². The van der Waals surface area contributed by atoms with E-state index < -0.39 is 0 Å². The van der Waals surface area contributed by atoms with Crippen molar-refractivity contribution >= 4 is 27.5 Å². The quantitative estimate of drug-likeness (QED) is 0.888. The lowest BCUT2D eigenvalue weighted by molar-refractivity contribution is -0.117. The number of hydrogen-bond acceptors (Lipinski definition) is 3. The van der Waals surface area contributed by atoms with Crippen molar-refractivity contribution in [1.82, 2.24) is 10.2 Å². The topological polar surface area (TPSA) is 44.4 Å². The van der Waals surface area contributed by atoms with Gasteiger partial charge in [-0.15, -0.1) is 0 Å². The van der Waals surface area contributed by atoms with Crippen LogP contribution in [-0.2, 0) is 4.79 Å². The second-order valence-corrected chi connectivity index (χ2v) is 6.63. The number of carbonyl (C=O) groups excluding carboxylic acids is 1. The molecule has 5 heteroatoms. The molecular weight excluding hydrogens is 318 g/mol. The van der Waals surface area contributed by atoms with Gasteiger partial charge in [0.1, 0.15) is 0 Å². The highest BCUT2D eigenvalue weighted by atomic mass is 79.9. The van der Waals surface area contributed by atoms with Gasteiger partial charge in [-0.25, -0.2) is 0 Å². The first-order chi connectivity index (χ1) is 9.69. The smallest absolute Gasteiger partial charge is 0.238 e. The molecule has 2 fully saturated rings. The minimum atomic E-state index is 0.0742. The highest BCUT2D eigenvalue weighted by Gasteiger charge is 2.29. The van der Waals surface area contributed by atoms with Crippen LogP contribution in [0.5, 0.6) is 0 Å². The van der Waals surface area contributed by atoms with E-state index in [0.29, 0.717) is 18.6 Å². The molecule has 1 aromatic rings. The summed E-state index contributed by atoms with van der Waals surface area (Å²) in [5.41, 5.74) is 0.854. The molecule has 2 N–H and O–H groups in total. The maximum absolute atomic E-state index is 12.1. The third kappa shape index (κ3) is 3.59. The Kier molecular flexibility index (Phi) is 4.38. The van der Waals surface area contributed by atoms with Crippen LogP contribution in [0.25, 0.3) is 0 Å². The molecule has 0 saturated carbocycles. The van der Waals surface area contributed by atoms with Gasteiger partial charge in [-0.05, 0) is 43.5 Å². The van der Waals surface area contributed by atoms with E-state index in [0.717, 1.165) is 29.7 Å². The SMILES string of the molecule is O=C(CN1CCC2CCC(C1)N2)Nc1ccc(Br)cc1. The van der Waals surface area contributed by atoms with E-state index in [1.165, 1.54) is 12.8 Å². The van der Waals surface area contributed by atoms with Gasteiger partial charge in [0.15, 0.2) is 0 Å². The number of fused-ring (bicyclic) bond motifs is 2. The fraction of sp³-hybridized carbons (Fsp3) is 0.533. The van der Waals surface area contributed by atoms with Crippen molar-refractivity contribution in [3.63, 3.8) is 0 Å². The Labute approximate surface area is 128 Å². The first-order valence-electron chi connectivity index (χ1n) is 7.23. The van der Waals surface area contributed by atoms with Gasteiger partial charge in [0.25, 0.3) is 0 Å². The molecule has 2 bridgehead atoms. The molecule has 108 valence electrons. The van der Waals surface area contributed by atoms with Crippen molar-refractivity contribution in [3.8, 4) is 0 Å². The Balaban J connectivity index is 1.52. The fourth-order valence-electron chi connectivity index (χ4n) is 3.10. The number of likely N-dealkylation sites (tertiary alicyclic amines) is 1. The third-order valence-electron chi connectivity index (χ3n) is 4.10. The lowest BCUT2D eigenvalue weighted by Gasteiger charge is -2.23. The van der Waals surface area contributed by atoms with Crippen LogP contribution in [0.3, 0.4) is 0 Å². The number of halogens is 1. The molecule has 1 aromatic carbocycles. The van der Waals surface area contributed by atoms with Gasteiger partial charge in [-0.3, -0.25) is 9.69 Å². The lowest BCUT2D eigenvalue weighted by atomic mass is 10.1. The molecule has 2 aliphatic heterocycles. The molecular formula is C15H20BrN3O. The Bertz CT molecular complexity index is 477. The summed E-state index contributed by atoms with van der Waals surface area (Å²) in [5.74, 6) is 0.0742. The Morgan fingerprint density at radius 3 is 2.80 bits per heavy atom. The zero-order valence-corrected chi connectivity index (χ0v) is 13.0. The van der Waals surface area contributed by atoms with Crippen LogP contribution in [0, 0.1) is 0 Å². The van der Waals surface area contributed by atoms with Gasteiger partial charge in [0.05, 0.1) is 6.54 Å². The number of rotatable bonds is 3. The summed E-state index contributed by atoms with van der Waals surface area (Å²) in [5, 5.41) is 6.59.